The maximum Gasteiger partial charge on any atom is 0.179 e. The molecule has 4 aliphatic rings. The van der Waals surface area contributed by atoms with E-state index in [0.717, 1.165) is 18.7 Å². The van der Waals surface area contributed by atoms with Gasteiger partial charge in [0.15, 0.2) is 11.5 Å². The number of ether oxygens (including phenoxy) is 2. The van der Waals surface area contributed by atoms with Crippen LogP contribution < -0.4 is 14.9 Å². The Labute approximate surface area is 147 Å². The Kier molecular flexibility index (Phi) is 4.31. The minimum Gasteiger partial charge on any atom is -0.490 e. The van der Waals surface area contributed by atoms with Crippen LogP contribution in [0.5, 0.6) is 11.5 Å². The van der Waals surface area contributed by atoms with Gasteiger partial charge in [0.05, 0.1) is 36.0 Å². The topological polar surface area (TPSA) is 46.1 Å². The molecule has 130 valence electrons. The van der Waals surface area contributed by atoms with Crippen molar-refractivity contribution in [2.24, 2.45) is 11.0 Å². The van der Waals surface area contributed by atoms with Crippen LogP contribution in [0.1, 0.15) is 38.3 Å². The Hall–Kier alpha value is -1.46. The predicted octanol–water partition coefficient (Wildman–Crippen LogP) is 3.23. The maximum absolute atomic E-state index is 6.50. The van der Waals surface area contributed by atoms with Crippen molar-refractivity contribution in [1.82, 2.24) is 10.3 Å². The lowest BCUT2D eigenvalue weighted by atomic mass is 9.78. The van der Waals surface area contributed by atoms with Crippen LogP contribution in [0.4, 0.5) is 0 Å². The molecule has 0 amide bonds. The quantitative estimate of drug-likeness (QED) is 0.886. The molecule has 0 saturated carbocycles. The number of benzene rings is 1. The molecule has 4 aliphatic heterocycles. The summed E-state index contributed by atoms with van der Waals surface area (Å²) < 4.78 is 11.5. The summed E-state index contributed by atoms with van der Waals surface area (Å²) in [6.45, 7) is 7.39. The molecule has 5 rings (SSSR count). The SMILES string of the molecule is CCOc1cc(C2NN=C3C4CCN(CC4)C32)cc(Cl)c1OCC. The second-order valence-electron chi connectivity index (χ2n) is 6.59. The zero-order valence-corrected chi connectivity index (χ0v) is 15.0. The van der Waals surface area contributed by atoms with Crippen LogP contribution in [0.15, 0.2) is 17.2 Å². The third-order valence-electron chi connectivity index (χ3n) is 5.27. The third kappa shape index (κ3) is 2.54. The average molecular weight is 350 g/mol. The Morgan fingerprint density at radius 3 is 2.67 bits per heavy atom. The van der Waals surface area contributed by atoms with Gasteiger partial charge in [-0.15, -0.1) is 0 Å². The molecule has 0 spiro atoms. The van der Waals surface area contributed by atoms with Crippen molar-refractivity contribution < 1.29 is 9.47 Å². The summed E-state index contributed by atoms with van der Waals surface area (Å²) in [5, 5.41) is 5.27. The van der Waals surface area contributed by atoms with Crippen LogP contribution in [0.3, 0.4) is 0 Å². The molecule has 1 aromatic carbocycles. The molecular weight excluding hydrogens is 326 g/mol. The zero-order chi connectivity index (χ0) is 16.7. The van der Waals surface area contributed by atoms with Crippen LogP contribution in [-0.4, -0.2) is 43.0 Å². The lowest BCUT2D eigenvalue weighted by Gasteiger charge is -2.45. The smallest absolute Gasteiger partial charge is 0.179 e. The molecule has 1 N–H and O–H groups in total. The number of hydrogen-bond acceptors (Lipinski definition) is 5. The molecule has 2 bridgehead atoms. The first-order valence-corrected chi connectivity index (χ1v) is 9.26. The van der Waals surface area contributed by atoms with Crippen LogP contribution in [-0.2, 0) is 0 Å². The van der Waals surface area contributed by atoms with E-state index in [1.807, 2.05) is 19.9 Å². The minimum absolute atomic E-state index is 0.135. The molecule has 0 aliphatic carbocycles. The van der Waals surface area contributed by atoms with Gasteiger partial charge in [-0.25, -0.2) is 0 Å². The monoisotopic (exact) mass is 349 g/mol. The van der Waals surface area contributed by atoms with Crippen LogP contribution in [0.2, 0.25) is 5.02 Å². The van der Waals surface area contributed by atoms with Crippen molar-refractivity contribution in [1.29, 1.82) is 0 Å². The molecule has 3 saturated heterocycles. The highest BCUT2D eigenvalue weighted by Gasteiger charge is 2.47. The van der Waals surface area contributed by atoms with Gasteiger partial charge in [-0.2, -0.15) is 5.10 Å². The number of hydrogen-bond donors (Lipinski definition) is 1. The molecule has 5 nitrogen and oxygen atoms in total. The molecule has 24 heavy (non-hydrogen) atoms. The molecule has 0 aromatic heterocycles. The second-order valence-corrected chi connectivity index (χ2v) is 7.00. The van der Waals surface area contributed by atoms with Crippen molar-refractivity contribution in [3.05, 3.63) is 22.7 Å². The van der Waals surface area contributed by atoms with Crippen molar-refractivity contribution in [3.8, 4) is 11.5 Å². The number of nitrogens with one attached hydrogen (secondary N) is 1. The van der Waals surface area contributed by atoms with E-state index < -0.39 is 0 Å². The molecule has 3 fully saturated rings. The van der Waals surface area contributed by atoms with Crippen molar-refractivity contribution >= 4 is 17.3 Å². The highest BCUT2D eigenvalue weighted by atomic mass is 35.5. The third-order valence-corrected chi connectivity index (χ3v) is 5.55. The van der Waals surface area contributed by atoms with Gasteiger partial charge in [0.2, 0.25) is 0 Å². The highest BCUT2D eigenvalue weighted by molar-refractivity contribution is 6.32. The van der Waals surface area contributed by atoms with Gasteiger partial charge in [0, 0.05) is 5.92 Å². The molecule has 2 unspecified atom stereocenters. The standard InChI is InChI=1S/C18H24ClN3O2/c1-3-23-14-10-12(9-13(19)18(14)24-4-2)16-17-15(20-21-16)11-5-7-22(17)8-6-11/h9-11,16-17,21H,3-8H2,1-2H3. The number of nitrogens with zero attached hydrogens (tertiary/aromatic N) is 2. The first-order chi connectivity index (χ1) is 11.7. The summed E-state index contributed by atoms with van der Waals surface area (Å²) in [5.41, 5.74) is 5.79. The maximum atomic E-state index is 6.50. The predicted molar refractivity (Wildman–Crippen MR) is 95.2 cm³/mol. The molecule has 1 aromatic rings. The normalized spacial score (nSPS) is 30.5. The minimum atomic E-state index is 0.135. The highest BCUT2D eigenvalue weighted by Crippen LogP contribution is 2.43. The fourth-order valence-electron chi connectivity index (χ4n) is 4.23. The van der Waals surface area contributed by atoms with E-state index in [2.05, 4.69) is 21.5 Å². The number of hydrazone groups is 1. The summed E-state index contributed by atoms with van der Waals surface area (Å²) >= 11 is 6.50. The van der Waals surface area contributed by atoms with Gasteiger partial charge in [-0.3, -0.25) is 4.90 Å². The van der Waals surface area contributed by atoms with E-state index in [-0.39, 0.29) is 6.04 Å². The number of piperidine rings is 3. The first kappa shape index (κ1) is 16.0. The lowest BCUT2D eigenvalue weighted by Crippen LogP contribution is -2.56. The average Bonchev–Trinajstić information content (AvgIpc) is 3.06. The second kappa shape index (κ2) is 6.45. The molecule has 2 atom stereocenters. The van der Waals surface area contributed by atoms with Crippen LogP contribution in [0, 0.1) is 5.92 Å². The van der Waals surface area contributed by atoms with E-state index in [4.69, 9.17) is 21.1 Å². The van der Waals surface area contributed by atoms with Gasteiger partial charge in [0.25, 0.3) is 0 Å². The summed E-state index contributed by atoms with van der Waals surface area (Å²) in [6, 6.07) is 4.53. The van der Waals surface area contributed by atoms with Gasteiger partial charge < -0.3 is 14.9 Å². The van der Waals surface area contributed by atoms with E-state index in [9.17, 15) is 0 Å². The molecule has 6 heteroatoms. The lowest BCUT2D eigenvalue weighted by molar-refractivity contribution is 0.133. The van der Waals surface area contributed by atoms with Crippen molar-refractivity contribution in [2.45, 2.75) is 38.8 Å². The number of rotatable bonds is 5. The summed E-state index contributed by atoms with van der Waals surface area (Å²) in [5.74, 6) is 1.99. The Morgan fingerprint density at radius 1 is 1.21 bits per heavy atom. The number of fused-ring (bicyclic) bond motifs is 2. The van der Waals surface area contributed by atoms with Gasteiger partial charge in [-0.05, 0) is 57.5 Å². The van der Waals surface area contributed by atoms with Crippen LogP contribution >= 0.6 is 11.6 Å². The van der Waals surface area contributed by atoms with E-state index in [0.29, 0.717) is 41.7 Å². The van der Waals surface area contributed by atoms with Crippen molar-refractivity contribution in [3.63, 3.8) is 0 Å². The Morgan fingerprint density at radius 2 is 1.96 bits per heavy atom. The van der Waals surface area contributed by atoms with Crippen LogP contribution in [0.25, 0.3) is 0 Å². The van der Waals surface area contributed by atoms with Gasteiger partial charge in [-0.1, -0.05) is 11.6 Å². The summed E-state index contributed by atoms with van der Waals surface area (Å²) in [7, 11) is 0. The fourth-order valence-corrected chi connectivity index (χ4v) is 4.50. The summed E-state index contributed by atoms with van der Waals surface area (Å²) in [4.78, 5) is 2.55. The number of halogens is 1. The molecule has 4 heterocycles. The molecule has 0 radical (unpaired) electrons. The Balaban J connectivity index is 1.67. The zero-order valence-electron chi connectivity index (χ0n) is 14.2. The van der Waals surface area contributed by atoms with Crippen molar-refractivity contribution in [2.75, 3.05) is 26.3 Å². The fraction of sp³-hybridized carbons (Fsp3) is 0.611. The van der Waals surface area contributed by atoms with E-state index >= 15 is 0 Å². The van der Waals surface area contributed by atoms with E-state index in [1.54, 1.807) is 0 Å². The Bertz CT molecular complexity index is 656. The van der Waals surface area contributed by atoms with Gasteiger partial charge >= 0.3 is 0 Å². The first-order valence-electron chi connectivity index (χ1n) is 8.89. The summed E-state index contributed by atoms with van der Waals surface area (Å²) in [6.07, 6.45) is 2.47. The largest absolute Gasteiger partial charge is 0.490 e. The van der Waals surface area contributed by atoms with Gasteiger partial charge in [0.1, 0.15) is 0 Å². The van der Waals surface area contributed by atoms with E-state index in [1.165, 1.54) is 18.6 Å². The molecular formula is C18H24ClN3O2.